The fraction of sp³-hybridized carbons (Fsp3) is 0.857. The van der Waals surface area contributed by atoms with E-state index in [4.69, 9.17) is 5.11 Å². The van der Waals surface area contributed by atoms with Crippen LogP contribution in [0.15, 0.2) is 0 Å². The Labute approximate surface area is 109 Å². The number of hydrogen-bond donors (Lipinski definition) is 1. The second-order valence-electron chi connectivity index (χ2n) is 6.02. The predicted molar refractivity (Wildman–Crippen MR) is 70.1 cm³/mol. The third kappa shape index (κ3) is 3.72. The summed E-state index contributed by atoms with van der Waals surface area (Å²) in [4.78, 5) is 24.4. The van der Waals surface area contributed by atoms with Gasteiger partial charge < -0.3 is 10.0 Å². The molecule has 0 aliphatic heterocycles. The molecule has 104 valence electrons. The molecule has 0 spiro atoms. The molecule has 4 nitrogen and oxygen atoms in total. The van der Waals surface area contributed by atoms with Crippen LogP contribution in [-0.2, 0) is 9.59 Å². The van der Waals surface area contributed by atoms with Crippen LogP contribution in [0, 0.1) is 23.7 Å². The molecule has 18 heavy (non-hydrogen) atoms. The summed E-state index contributed by atoms with van der Waals surface area (Å²) >= 11 is 0. The molecule has 0 aromatic carbocycles. The second-order valence-corrected chi connectivity index (χ2v) is 6.02. The molecule has 0 radical (unpaired) electrons. The number of hydrogen-bond acceptors (Lipinski definition) is 2. The first-order valence-electron chi connectivity index (χ1n) is 6.79. The first-order valence-corrected chi connectivity index (χ1v) is 6.79. The van der Waals surface area contributed by atoms with Gasteiger partial charge in [-0.2, -0.15) is 0 Å². The molecular weight excluding hydrogens is 230 g/mol. The molecule has 4 heteroatoms. The van der Waals surface area contributed by atoms with Crippen LogP contribution in [0.2, 0.25) is 0 Å². The van der Waals surface area contributed by atoms with E-state index in [1.165, 1.54) is 11.3 Å². The number of amides is 1. The lowest BCUT2D eigenvalue weighted by molar-refractivity contribution is -0.147. The molecule has 0 aromatic rings. The van der Waals surface area contributed by atoms with Crippen molar-refractivity contribution in [3.05, 3.63) is 0 Å². The Morgan fingerprint density at radius 3 is 2.44 bits per heavy atom. The zero-order chi connectivity index (χ0) is 13.9. The zero-order valence-corrected chi connectivity index (χ0v) is 11.8. The van der Waals surface area contributed by atoms with Gasteiger partial charge in [0.05, 0.1) is 0 Å². The largest absolute Gasteiger partial charge is 0.480 e. The van der Waals surface area contributed by atoms with Crippen molar-refractivity contribution in [1.29, 1.82) is 0 Å². The molecule has 1 aliphatic carbocycles. The average molecular weight is 255 g/mol. The summed E-state index contributed by atoms with van der Waals surface area (Å²) in [5.74, 6) is 0.485. The van der Waals surface area contributed by atoms with Crippen LogP contribution in [0.4, 0.5) is 0 Å². The van der Waals surface area contributed by atoms with Crippen LogP contribution in [0.5, 0.6) is 0 Å². The highest BCUT2D eigenvalue weighted by atomic mass is 16.4. The molecule has 0 bridgehead atoms. The molecular formula is C14H25NO3. The molecule has 0 aromatic heterocycles. The number of rotatable bonds is 4. The Balaban J connectivity index is 2.75. The van der Waals surface area contributed by atoms with E-state index in [0.29, 0.717) is 17.8 Å². The lowest BCUT2D eigenvalue weighted by Crippen LogP contribution is -2.42. The minimum absolute atomic E-state index is 0.00176. The van der Waals surface area contributed by atoms with E-state index in [1.807, 2.05) is 0 Å². The molecule has 1 aliphatic rings. The third-order valence-corrected chi connectivity index (χ3v) is 4.09. The van der Waals surface area contributed by atoms with E-state index in [1.54, 1.807) is 7.05 Å². The van der Waals surface area contributed by atoms with Crippen LogP contribution < -0.4 is 0 Å². The fourth-order valence-electron chi connectivity index (χ4n) is 3.05. The maximum Gasteiger partial charge on any atom is 0.323 e. The molecule has 0 saturated heterocycles. The van der Waals surface area contributed by atoms with Gasteiger partial charge in [-0.1, -0.05) is 27.2 Å². The third-order valence-electron chi connectivity index (χ3n) is 4.09. The minimum Gasteiger partial charge on any atom is -0.480 e. The van der Waals surface area contributed by atoms with E-state index < -0.39 is 5.97 Å². The van der Waals surface area contributed by atoms with Crippen molar-refractivity contribution in [2.24, 2.45) is 23.7 Å². The molecule has 1 saturated carbocycles. The molecule has 1 rings (SSSR count). The summed E-state index contributed by atoms with van der Waals surface area (Å²) in [6.45, 7) is 6.28. The maximum atomic E-state index is 12.4. The normalized spacial score (nSPS) is 28.2. The lowest BCUT2D eigenvalue weighted by atomic mass is 9.69. The topological polar surface area (TPSA) is 57.6 Å². The molecule has 0 unspecified atom stereocenters. The number of carboxylic acids is 1. The van der Waals surface area contributed by atoms with Crippen molar-refractivity contribution in [1.82, 2.24) is 4.90 Å². The maximum absolute atomic E-state index is 12.4. The Kier molecular flexibility index (Phi) is 5.17. The van der Waals surface area contributed by atoms with Crippen LogP contribution in [0.3, 0.4) is 0 Å². The smallest absolute Gasteiger partial charge is 0.323 e. The summed E-state index contributed by atoms with van der Waals surface area (Å²) in [5.41, 5.74) is 0. The van der Waals surface area contributed by atoms with Crippen molar-refractivity contribution in [2.75, 3.05) is 13.6 Å². The summed E-state index contributed by atoms with van der Waals surface area (Å²) in [7, 11) is 1.59. The van der Waals surface area contributed by atoms with Gasteiger partial charge in [0.1, 0.15) is 6.54 Å². The van der Waals surface area contributed by atoms with Gasteiger partial charge in [0.15, 0.2) is 0 Å². The Morgan fingerprint density at radius 2 is 1.94 bits per heavy atom. The van der Waals surface area contributed by atoms with E-state index >= 15 is 0 Å². The van der Waals surface area contributed by atoms with Gasteiger partial charge in [-0.25, -0.2) is 0 Å². The number of carboxylic acid groups (broad SMARTS) is 1. The van der Waals surface area contributed by atoms with Crippen LogP contribution in [-0.4, -0.2) is 35.5 Å². The van der Waals surface area contributed by atoms with Crippen LogP contribution in [0.1, 0.15) is 40.0 Å². The van der Waals surface area contributed by atoms with Gasteiger partial charge in [-0.3, -0.25) is 9.59 Å². The van der Waals surface area contributed by atoms with Gasteiger partial charge in [0, 0.05) is 13.0 Å². The van der Waals surface area contributed by atoms with Gasteiger partial charge in [0.25, 0.3) is 0 Å². The number of nitrogens with zero attached hydrogens (tertiary/aromatic N) is 1. The minimum atomic E-state index is -0.948. The van der Waals surface area contributed by atoms with Crippen molar-refractivity contribution >= 4 is 11.9 Å². The summed E-state index contributed by atoms with van der Waals surface area (Å²) < 4.78 is 0. The van der Waals surface area contributed by atoms with E-state index in [9.17, 15) is 9.59 Å². The quantitative estimate of drug-likeness (QED) is 0.838. The summed E-state index contributed by atoms with van der Waals surface area (Å²) in [6, 6.07) is 0. The van der Waals surface area contributed by atoms with E-state index in [2.05, 4.69) is 20.8 Å². The zero-order valence-electron chi connectivity index (χ0n) is 11.8. The first kappa shape index (κ1) is 15.0. The standard InChI is InChI=1S/C14H25NO3/c1-9(2)11-6-5-10(3)7-12(11)14(18)15(4)8-13(16)17/h9-12H,5-8H2,1-4H3,(H,16,17)/t10-,11+,12-/m1/s1. The number of carbonyl (C=O) groups excluding carboxylic acids is 1. The molecule has 1 N–H and O–H groups in total. The van der Waals surface area contributed by atoms with Crippen molar-refractivity contribution < 1.29 is 14.7 Å². The number of aliphatic carboxylic acids is 1. The van der Waals surface area contributed by atoms with Crippen molar-refractivity contribution in [2.45, 2.75) is 40.0 Å². The Morgan fingerprint density at radius 1 is 1.33 bits per heavy atom. The highest BCUT2D eigenvalue weighted by molar-refractivity contribution is 5.83. The Hall–Kier alpha value is -1.06. The van der Waals surface area contributed by atoms with Gasteiger partial charge >= 0.3 is 5.97 Å². The number of likely N-dealkylation sites (N-methyl/N-ethyl adjacent to an activating group) is 1. The molecule has 0 heterocycles. The van der Waals surface area contributed by atoms with Gasteiger partial charge in [-0.05, 0) is 30.6 Å². The molecule has 3 atom stereocenters. The number of carbonyl (C=O) groups is 2. The van der Waals surface area contributed by atoms with Gasteiger partial charge in [0.2, 0.25) is 5.91 Å². The fourth-order valence-corrected chi connectivity index (χ4v) is 3.05. The van der Waals surface area contributed by atoms with Crippen molar-refractivity contribution in [3.8, 4) is 0 Å². The highest BCUT2D eigenvalue weighted by Crippen LogP contribution is 2.38. The van der Waals surface area contributed by atoms with E-state index in [0.717, 1.165) is 12.8 Å². The first-order chi connectivity index (χ1) is 8.32. The summed E-state index contributed by atoms with van der Waals surface area (Å²) in [6.07, 6.45) is 3.15. The predicted octanol–water partition coefficient (Wildman–Crippen LogP) is 2.24. The SMILES string of the molecule is CC(C)[C@@H]1CC[C@@H](C)C[C@H]1C(=O)N(C)CC(=O)O. The van der Waals surface area contributed by atoms with Crippen molar-refractivity contribution in [3.63, 3.8) is 0 Å². The van der Waals surface area contributed by atoms with Gasteiger partial charge in [-0.15, -0.1) is 0 Å². The molecule has 1 fully saturated rings. The Bertz CT molecular complexity index is 314. The van der Waals surface area contributed by atoms with Crippen LogP contribution >= 0.6 is 0 Å². The van der Waals surface area contributed by atoms with E-state index in [-0.39, 0.29) is 18.4 Å². The monoisotopic (exact) mass is 255 g/mol. The highest BCUT2D eigenvalue weighted by Gasteiger charge is 2.36. The summed E-state index contributed by atoms with van der Waals surface area (Å²) in [5, 5.41) is 8.76. The molecule has 1 amide bonds. The van der Waals surface area contributed by atoms with Crippen LogP contribution in [0.25, 0.3) is 0 Å². The lowest BCUT2D eigenvalue weighted by Gasteiger charge is -2.38. The second kappa shape index (κ2) is 6.21. The average Bonchev–Trinajstić information content (AvgIpc) is 2.26.